The van der Waals surface area contributed by atoms with Crippen molar-refractivity contribution < 1.29 is 13.2 Å². The van der Waals surface area contributed by atoms with Gasteiger partial charge in [0.1, 0.15) is 0 Å². The molecule has 0 unspecified atom stereocenters. The van der Waals surface area contributed by atoms with Crippen LogP contribution in [0, 0.1) is 0 Å². The molecule has 0 aliphatic carbocycles. The predicted octanol–water partition coefficient (Wildman–Crippen LogP) is 3.64. The van der Waals surface area contributed by atoms with E-state index in [0.29, 0.717) is 0 Å². The third-order valence-electron chi connectivity index (χ3n) is 3.25. The Bertz CT molecular complexity index is 883. The van der Waals surface area contributed by atoms with Crippen LogP contribution in [0.15, 0.2) is 47.4 Å². The van der Waals surface area contributed by atoms with Crippen molar-refractivity contribution in [1.29, 1.82) is 0 Å². The number of H-pyrrole nitrogens is 1. The van der Waals surface area contributed by atoms with Crippen molar-refractivity contribution in [2.45, 2.75) is 18.2 Å². The highest BCUT2D eigenvalue weighted by Crippen LogP contribution is 2.17. The third-order valence-corrected chi connectivity index (χ3v) is 4.58. The number of aryl methyl sites for hydroxylation is 1. The number of aromatic nitrogens is 1. The molecule has 4 nitrogen and oxygen atoms in total. The Balaban J connectivity index is 0.000000170. The van der Waals surface area contributed by atoms with Crippen molar-refractivity contribution in [1.82, 2.24) is 4.98 Å². The number of halogens is 1. The van der Waals surface area contributed by atoms with E-state index in [1.54, 1.807) is 0 Å². The van der Waals surface area contributed by atoms with Crippen molar-refractivity contribution in [3.8, 4) is 0 Å². The summed E-state index contributed by atoms with van der Waals surface area (Å²) in [7, 11) is -3.27. The molecule has 0 radical (unpaired) electrons. The van der Waals surface area contributed by atoms with Gasteiger partial charge in [0, 0.05) is 22.9 Å². The Morgan fingerprint density at radius 3 is 2.32 bits per heavy atom. The lowest BCUT2D eigenvalue weighted by atomic mass is 10.2. The largest absolute Gasteiger partial charge is 0.355 e. The predicted molar refractivity (Wildman–Crippen MR) is 88.6 cm³/mol. The first-order valence-corrected chi connectivity index (χ1v) is 8.98. The van der Waals surface area contributed by atoms with Crippen LogP contribution >= 0.6 is 11.6 Å². The Kier molecular flexibility index (Phi) is 4.88. The summed E-state index contributed by atoms with van der Waals surface area (Å²) in [5, 5.41) is -0.662. The van der Waals surface area contributed by atoms with Gasteiger partial charge in [-0.2, -0.15) is 0 Å². The zero-order chi connectivity index (χ0) is 16.3. The third kappa shape index (κ3) is 3.87. The Morgan fingerprint density at radius 1 is 1.18 bits per heavy atom. The second kappa shape index (κ2) is 6.50. The molecule has 0 aliphatic rings. The second-order valence-corrected chi connectivity index (χ2v) is 7.28. The van der Waals surface area contributed by atoms with Gasteiger partial charge in [-0.1, -0.05) is 19.1 Å². The maximum Gasteiger partial charge on any atom is 0.252 e. The summed E-state index contributed by atoms with van der Waals surface area (Å²) in [5.41, 5.74) is 4.17. The van der Waals surface area contributed by atoms with Crippen molar-refractivity contribution >= 4 is 37.7 Å². The van der Waals surface area contributed by atoms with Crippen LogP contribution in [0.1, 0.15) is 22.8 Å². The highest BCUT2D eigenvalue weighted by Gasteiger charge is 2.09. The molecule has 22 heavy (non-hydrogen) atoms. The minimum absolute atomic E-state index is 0.0963. The number of aromatic amines is 1. The lowest BCUT2D eigenvalue weighted by Gasteiger charge is -1.98. The number of nitrogens with one attached hydrogen (secondary N) is 1. The van der Waals surface area contributed by atoms with Gasteiger partial charge in [-0.05, 0) is 53.9 Å². The summed E-state index contributed by atoms with van der Waals surface area (Å²) in [6.07, 6.45) is 2.21. The topological polar surface area (TPSA) is 67.0 Å². The minimum Gasteiger partial charge on any atom is -0.355 e. The summed E-state index contributed by atoms with van der Waals surface area (Å²) in [6, 6.07) is 12.1. The van der Waals surface area contributed by atoms with Crippen LogP contribution in [-0.2, 0) is 16.3 Å². The van der Waals surface area contributed by atoms with E-state index < -0.39 is 15.1 Å². The summed E-state index contributed by atoms with van der Waals surface area (Å²) >= 11 is 5.19. The highest BCUT2D eigenvalue weighted by molar-refractivity contribution is 7.90. The number of fused-ring (bicyclic) bond motifs is 2. The summed E-state index contributed by atoms with van der Waals surface area (Å²) in [4.78, 5) is 14.0. The standard InChI is InChI=1S/C8H7ClO3S.C8H9N/c1-13(11,12)7-4-2-3-6(5-7)8(9)10;1-2-6-5-7-3-4-8(6)9-7/h2-5H,1H3;3-5,9H,2H2,1H3. The van der Waals surface area contributed by atoms with Gasteiger partial charge < -0.3 is 4.98 Å². The molecule has 0 fully saturated rings. The number of carbonyl (C=O) groups excluding carboxylic acids is 1. The van der Waals surface area contributed by atoms with Gasteiger partial charge in [0.05, 0.1) is 4.90 Å². The van der Waals surface area contributed by atoms with Crippen LogP contribution < -0.4 is 0 Å². The van der Waals surface area contributed by atoms with Gasteiger partial charge >= 0.3 is 0 Å². The second-order valence-electron chi connectivity index (χ2n) is 4.92. The molecular weight excluding hydrogens is 322 g/mol. The molecule has 0 spiro atoms. The van der Waals surface area contributed by atoms with E-state index in [1.807, 2.05) is 0 Å². The first-order valence-electron chi connectivity index (χ1n) is 6.71. The van der Waals surface area contributed by atoms with Crippen molar-refractivity contribution in [3.05, 3.63) is 53.6 Å². The molecule has 2 bridgehead atoms. The first kappa shape index (κ1) is 16.5. The van der Waals surface area contributed by atoms with Gasteiger partial charge in [-0.15, -0.1) is 0 Å². The van der Waals surface area contributed by atoms with Gasteiger partial charge in [-0.25, -0.2) is 8.42 Å². The summed E-state index contributed by atoms with van der Waals surface area (Å²) in [6.45, 7) is 2.18. The molecule has 0 atom stereocenters. The fourth-order valence-corrected chi connectivity index (χ4v) is 2.87. The molecule has 3 aromatic rings. The zero-order valence-electron chi connectivity index (χ0n) is 12.3. The van der Waals surface area contributed by atoms with E-state index >= 15 is 0 Å². The zero-order valence-corrected chi connectivity index (χ0v) is 13.8. The Hall–Kier alpha value is -1.85. The van der Waals surface area contributed by atoms with Gasteiger partial charge in [0.15, 0.2) is 9.84 Å². The van der Waals surface area contributed by atoms with Crippen molar-refractivity contribution in [3.63, 3.8) is 0 Å². The number of sulfone groups is 1. The average molecular weight is 338 g/mol. The molecule has 0 aliphatic heterocycles. The first-order chi connectivity index (χ1) is 10.3. The molecule has 0 saturated carbocycles. The lowest BCUT2D eigenvalue weighted by molar-refractivity contribution is 0.108. The summed E-state index contributed by atoms with van der Waals surface area (Å²) in [5.74, 6) is 0. The quantitative estimate of drug-likeness (QED) is 0.742. The number of hydrogen-bond donors (Lipinski definition) is 1. The van der Waals surface area contributed by atoms with Crippen LogP contribution in [0.3, 0.4) is 0 Å². The monoisotopic (exact) mass is 337 g/mol. The Morgan fingerprint density at radius 2 is 1.91 bits per heavy atom. The molecule has 116 valence electrons. The van der Waals surface area contributed by atoms with E-state index in [-0.39, 0.29) is 10.5 Å². The Labute approximate surface area is 134 Å². The number of carbonyl (C=O) groups is 1. The van der Waals surface area contributed by atoms with Crippen LogP contribution in [0.5, 0.6) is 0 Å². The number of hydrogen-bond acceptors (Lipinski definition) is 3. The van der Waals surface area contributed by atoms with E-state index in [4.69, 9.17) is 11.6 Å². The van der Waals surface area contributed by atoms with Crippen LogP contribution in [-0.4, -0.2) is 24.9 Å². The highest BCUT2D eigenvalue weighted by atomic mass is 35.5. The molecule has 1 aromatic carbocycles. The minimum atomic E-state index is -3.27. The number of benzene rings is 2. The fraction of sp³-hybridized carbons (Fsp3) is 0.188. The molecule has 1 N–H and O–H groups in total. The molecule has 6 heteroatoms. The smallest absolute Gasteiger partial charge is 0.252 e. The van der Waals surface area contributed by atoms with Gasteiger partial charge in [0.2, 0.25) is 0 Å². The average Bonchev–Trinajstić information content (AvgIpc) is 3.09. The van der Waals surface area contributed by atoms with E-state index in [0.717, 1.165) is 12.7 Å². The van der Waals surface area contributed by atoms with E-state index in [1.165, 1.54) is 40.9 Å². The maximum absolute atomic E-state index is 11.1. The molecular formula is C16H16ClNO3S. The van der Waals surface area contributed by atoms with E-state index in [2.05, 4.69) is 30.1 Å². The van der Waals surface area contributed by atoms with Crippen molar-refractivity contribution in [2.24, 2.45) is 0 Å². The molecule has 2 aromatic heterocycles. The lowest BCUT2D eigenvalue weighted by Crippen LogP contribution is -1.98. The van der Waals surface area contributed by atoms with Gasteiger partial charge in [-0.3, -0.25) is 4.79 Å². The van der Waals surface area contributed by atoms with Crippen LogP contribution in [0.25, 0.3) is 11.0 Å². The maximum atomic E-state index is 11.1. The summed E-state index contributed by atoms with van der Waals surface area (Å²) < 4.78 is 22.1. The normalized spacial score (nSPS) is 11.2. The molecule has 0 saturated heterocycles. The van der Waals surface area contributed by atoms with E-state index in [9.17, 15) is 13.2 Å². The molecule has 2 heterocycles. The van der Waals surface area contributed by atoms with Crippen molar-refractivity contribution in [2.75, 3.05) is 6.26 Å². The number of rotatable bonds is 3. The molecule has 3 rings (SSSR count). The SMILES string of the molecule is CCc1cc2ccc1[nH]2.CS(=O)(=O)c1cccc(C(=O)Cl)c1. The molecule has 0 amide bonds. The van der Waals surface area contributed by atoms with Gasteiger partial charge in [0.25, 0.3) is 5.24 Å². The van der Waals surface area contributed by atoms with Crippen LogP contribution in [0.4, 0.5) is 0 Å². The fourth-order valence-electron chi connectivity index (χ4n) is 2.09. The van der Waals surface area contributed by atoms with Crippen LogP contribution in [0.2, 0.25) is 0 Å².